The molecule has 0 aromatic heterocycles. The Morgan fingerprint density at radius 2 is 2.12 bits per heavy atom. The normalized spacial score (nSPS) is 26.1. The Morgan fingerprint density at radius 1 is 1.47 bits per heavy atom. The fourth-order valence-corrected chi connectivity index (χ4v) is 2.02. The number of hydrogen-bond acceptors (Lipinski definition) is 3. The van der Waals surface area contributed by atoms with Gasteiger partial charge in [0.15, 0.2) is 0 Å². The topological polar surface area (TPSA) is 49.8 Å². The number of piperidine rings is 1. The predicted molar refractivity (Wildman–Crippen MR) is 66.7 cm³/mol. The quantitative estimate of drug-likeness (QED) is 0.815. The Labute approximate surface area is 104 Å². The molecular weight excluding hydrogens is 218 g/mol. The number of rotatable bonds is 3. The van der Waals surface area contributed by atoms with E-state index >= 15 is 0 Å². The van der Waals surface area contributed by atoms with Crippen molar-refractivity contribution < 1.29 is 14.6 Å². The van der Waals surface area contributed by atoms with Gasteiger partial charge in [0.05, 0.1) is 11.7 Å². The number of nitrogens with zero attached hydrogens (tertiary/aromatic N) is 1. The maximum absolute atomic E-state index is 11.9. The number of carbonyl (C=O) groups excluding carboxylic acids is 1. The number of likely N-dealkylation sites (tertiary alicyclic amines) is 1. The highest BCUT2D eigenvalue weighted by Gasteiger charge is 2.29. The van der Waals surface area contributed by atoms with Crippen molar-refractivity contribution in [3.63, 3.8) is 0 Å². The van der Waals surface area contributed by atoms with Crippen LogP contribution in [0.25, 0.3) is 0 Å². The molecular formula is C13H25NO3. The summed E-state index contributed by atoms with van der Waals surface area (Å²) in [6, 6.07) is 0. The lowest BCUT2D eigenvalue weighted by atomic mass is 9.92. The number of amides is 1. The van der Waals surface area contributed by atoms with E-state index in [2.05, 4.69) is 0 Å². The van der Waals surface area contributed by atoms with Crippen LogP contribution in [0.5, 0.6) is 0 Å². The Kier molecular flexibility index (Phi) is 4.95. The molecule has 1 saturated heterocycles. The van der Waals surface area contributed by atoms with Gasteiger partial charge in [0.2, 0.25) is 5.91 Å². The van der Waals surface area contributed by atoms with Crippen molar-refractivity contribution in [2.45, 2.75) is 52.2 Å². The third-order valence-electron chi connectivity index (χ3n) is 3.20. The molecule has 17 heavy (non-hydrogen) atoms. The lowest BCUT2D eigenvalue weighted by Crippen LogP contribution is -2.47. The van der Waals surface area contributed by atoms with E-state index in [9.17, 15) is 9.90 Å². The minimum atomic E-state index is -0.283. The van der Waals surface area contributed by atoms with E-state index in [1.165, 1.54) is 0 Å². The van der Waals surface area contributed by atoms with E-state index in [4.69, 9.17) is 4.74 Å². The molecule has 2 atom stereocenters. The highest BCUT2D eigenvalue weighted by Crippen LogP contribution is 2.20. The Bertz CT molecular complexity index is 260. The van der Waals surface area contributed by atoms with Crippen molar-refractivity contribution >= 4 is 5.91 Å². The number of hydrogen-bond donors (Lipinski definition) is 1. The zero-order chi connectivity index (χ0) is 13.1. The molecule has 0 aliphatic carbocycles. The van der Waals surface area contributed by atoms with Gasteiger partial charge >= 0.3 is 0 Å². The molecule has 0 aromatic rings. The summed E-state index contributed by atoms with van der Waals surface area (Å²) in [6.07, 6.45) is 1.33. The molecule has 1 amide bonds. The fraction of sp³-hybridized carbons (Fsp3) is 0.923. The minimum Gasteiger partial charge on any atom is -0.393 e. The first kappa shape index (κ1) is 14.5. The molecule has 0 bridgehead atoms. The molecule has 1 N–H and O–H groups in total. The van der Waals surface area contributed by atoms with Gasteiger partial charge in [-0.1, -0.05) is 6.92 Å². The predicted octanol–water partition coefficient (Wildman–Crippen LogP) is 1.42. The monoisotopic (exact) mass is 243 g/mol. The second-order valence-electron chi connectivity index (χ2n) is 5.77. The molecule has 0 spiro atoms. The van der Waals surface area contributed by atoms with E-state index < -0.39 is 0 Å². The highest BCUT2D eigenvalue weighted by molar-refractivity contribution is 5.77. The number of carbonyl (C=O) groups is 1. The second kappa shape index (κ2) is 5.83. The Morgan fingerprint density at radius 3 is 2.65 bits per heavy atom. The van der Waals surface area contributed by atoms with E-state index in [1.54, 1.807) is 0 Å². The maximum atomic E-state index is 11.9. The molecule has 1 aliphatic rings. The lowest BCUT2D eigenvalue weighted by Gasteiger charge is -2.36. The van der Waals surface area contributed by atoms with Gasteiger partial charge in [-0.3, -0.25) is 4.79 Å². The van der Waals surface area contributed by atoms with Crippen molar-refractivity contribution in [1.29, 1.82) is 0 Å². The van der Waals surface area contributed by atoms with E-state index in [0.717, 1.165) is 6.42 Å². The van der Waals surface area contributed by atoms with Crippen molar-refractivity contribution in [2.75, 3.05) is 19.7 Å². The van der Waals surface area contributed by atoms with Gasteiger partial charge in [-0.2, -0.15) is 0 Å². The summed E-state index contributed by atoms with van der Waals surface area (Å²) in [4.78, 5) is 13.7. The van der Waals surface area contributed by atoms with Gasteiger partial charge in [0, 0.05) is 19.0 Å². The molecule has 0 saturated carbocycles. The lowest BCUT2D eigenvalue weighted by molar-refractivity contribution is -0.144. The highest BCUT2D eigenvalue weighted by atomic mass is 16.5. The third kappa shape index (κ3) is 4.64. The molecule has 4 nitrogen and oxygen atoms in total. The third-order valence-corrected chi connectivity index (χ3v) is 3.20. The van der Waals surface area contributed by atoms with E-state index in [1.807, 2.05) is 32.6 Å². The number of aliphatic hydroxyl groups excluding tert-OH is 1. The largest absolute Gasteiger partial charge is 0.393 e. The van der Waals surface area contributed by atoms with Crippen LogP contribution in [-0.2, 0) is 9.53 Å². The zero-order valence-electron chi connectivity index (χ0n) is 11.4. The zero-order valence-corrected chi connectivity index (χ0v) is 11.4. The molecule has 1 aliphatic heterocycles. The van der Waals surface area contributed by atoms with Crippen LogP contribution in [0.2, 0.25) is 0 Å². The first-order valence-electron chi connectivity index (χ1n) is 6.43. The second-order valence-corrected chi connectivity index (χ2v) is 5.77. The van der Waals surface area contributed by atoms with Crippen LogP contribution in [0.15, 0.2) is 0 Å². The van der Waals surface area contributed by atoms with Crippen LogP contribution in [-0.4, -0.2) is 47.3 Å². The summed E-state index contributed by atoms with van der Waals surface area (Å²) < 4.78 is 5.49. The number of ether oxygens (including phenoxy) is 1. The fourth-order valence-electron chi connectivity index (χ4n) is 2.02. The molecule has 1 fully saturated rings. The Hall–Kier alpha value is -0.610. The van der Waals surface area contributed by atoms with Gasteiger partial charge in [-0.15, -0.1) is 0 Å². The molecule has 0 radical (unpaired) electrons. The van der Waals surface area contributed by atoms with Gasteiger partial charge < -0.3 is 14.7 Å². The van der Waals surface area contributed by atoms with Crippen molar-refractivity contribution in [1.82, 2.24) is 4.90 Å². The van der Waals surface area contributed by atoms with Crippen LogP contribution < -0.4 is 0 Å². The summed E-state index contributed by atoms with van der Waals surface area (Å²) in [5.74, 6) is 0.243. The molecule has 4 heteroatoms. The molecule has 0 aromatic carbocycles. The summed E-state index contributed by atoms with van der Waals surface area (Å²) in [5, 5.41) is 9.76. The smallest absolute Gasteiger partial charge is 0.248 e. The summed E-state index contributed by atoms with van der Waals surface area (Å²) >= 11 is 0. The standard InChI is InChI=1S/C13H25NO3/c1-5-10-8-14(7-6-11(10)15)12(16)9-17-13(2,3)4/h10-11,15H,5-9H2,1-4H3. The molecule has 2 unspecified atom stereocenters. The van der Waals surface area contributed by atoms with Crippen LogP contribution in [0.3, 0.4) is 0 Å². The molecule has 100 valence electrons. The van der Waals surface area contributed by atoms with Gasteiger partial charge in [0.25, 0.3) is 0 Å². The average Bonchev–Trinajstić information content (AvgIpc) is 2.25. The molecule has 1 heterocycles. The minimum absolute atomic E-state index is 0.0327. The summed E-state index contributed by atoms with van der Waals surface area (Å²) in [6.45, 7) is 9.30. The number of aliphatic hydroxyl groups is 1. The van der Waals surface area contributed by atoms with E-state index in [-0.39, 0.29) is 30.1 Å². The maximum Gasteiger partial charge on any atom is 0.248 e. The van der Waals surface area contributed by atoms with Crippen LogP contribution in [0.4, 0.5) is 0 Å². The van der Waals surface area contributed by atoms with Gasteiger partial charge in [0.1, 0.15) is 6.61 Å². The van der Waals surface area contributed by atoms with Gasteiger partial charge in [-0.25, -0.2) is 0 Å². The summed E-state index contributed by atoms with van der Waals surface area (Å²) in [5.41, 5.74) is -0.283. The average molecular weight is 243 g/mol. The van der Waals surface area contributed by atoms with Gasteiger partial charge in [-0.05, 0) is 33.6 Å². The van der Waals surface area contributed by atoms with Crippen LogP contribution in [0.1, 0.15) is 40.5 Å². The van der Waals surface area contributed by atoms with Crippen molar-refractivity contribution in [2.24, 2.45) is 5.92 Å². The Balaban J connectivity index is 2.42. The van der Waals surface area contributed by atoms with Crippen LogP contribution in [0, 0.1) is 5.92 Å². The first-order valence-corrected chi connectivity index (χ1v) is 6.43. The first-order chi connectivity index (χ1) is 7.83. The van der Waals surface area contributed by atoms with E-state index in [0.29, 0.717) is 19.5 Å². The molecule has 1 rings (SSSR count). The van der Waals surface area contributed by atoms with Crippen LogP contribution >= 0.6 is 0 Å². The summed E-state index contributed by atoms with van der Waals surface area (Å²) in [7, 11) is 0. The SMILES string of the molecule is CCC1CN(C(=O)COC(C)(C)C)CCC1O. The van der Waals surface area contributed by atoms with Crippen molar-refractivity contribution in [3.05, 3.63) is 0 Å². The van der Waals surface area contributed by atoms with Crippen molar-refractivity contribution in [3.8, 4) is 0 Å².